The average Bonchev–Trinajstić information content (AvgIpc) is 2.69. The first-order valence-corrected chi connectivity index (χ1v) is 5.36. The first kappa shape index (κ1) is 10.0. The Kier molecular flexibility index (Phi) is 2.62. The van der Waals surface area contributed by atoms with Gasteiger partial charge in [-0.05, 0) is 19.3 Å². The summed E-state index contributed by atoms with van der Waals surface area (Å²) in [6, 6.07) is 0. The first-order chi connectivity index (χ1) is 7.22. The smallest absolute Gasteiger partial charge is 0.257 e. The molecule has 2 heterocycles. The monoisotopic (exact) mass is 208 g/mol. The standard InChI is InChI=1S/C10H16N4O/c1-2-7-8(11)12-10(13-9(7)15)14-5-3-4-6-14/h2-6H2,1H3,(H3,11,12,13,15). The number of nitrogens with one attached hydrogen (secondary N) is 1. The summed E-state index contributed by atoms with van der Waals surface area (Å²) in [5.74, 6) is 0.982. The summed E-state index contributed by atoms with van der Waals surface area (Å²) in [4.78, 5) is 20.7. The van der Waals surface area contributed by atoms with Crippen molar-refractivity contribution < 1.29 is 0 Å². The fraction of sp³-hybridized carbons (Fsp3) is 0.600. The molecule has 0 spiro atoms. The predicted molar refractivity (Wildman–Crippen MR) is 60.1 cm³/mol. The van der Waals surface area contributed by atoms with Crippen LogP contribution in [0.15, 0.2) is 4.79 Å². The van der Waals surface area contributed by atoms with Gasteiger partial charge in [0.25, 0.3) is 5.56 Å². The highest BCUT2D eigenvalue weighted by Crippen LogP contribution is 2.16. The second-order valence-electron chi connectivity index (χ2n) is 3.80. The molecule has 2 rings (SSSR count). The number of hydrogen-bond acceptors (Lipinski definition) is 4. The summed E-state index contributed by atoms with van der Waals surface area (Å²) >= 11 is 0. The maximum Gasteiger partial charge on any atom is 0.257 e. The van der Waals surface area contributed by atoms with Crippen LogP contribution in [0.3, 0.4) is 0 Å². The minimum Gasteiger partial charge on any atom is -0.383 e. The van der Waals surface area contributed by atoms with Gasteiger partial charge < -0.3 is 10.6 Å². The molecule has 1 aromatic rings. The van der Waals surface area contributed by atoms with E-state index in [1.807, 2.05) is 6.92 Å². The van der Waals surface area contributed by atoms with E-state index in [0.717, 1.165) is 25.9 Å². The molecule has 1 fully saturated rings. The highest BCUT2D eigenvalue weighted by molar-refractivity contribution is 5.44. The Bertz CT molecular complexity index is 406. The molecule has 0 saturated carbocycles. The minimum absolute atomic E-state index is 0.105. The van der Waals surface area contributed by atoms with Crippen molar-refractivity contribution in [3.05, 3.63) is 15.9 Å². The Morgan fingerprint density at radius 2 is 2.13 bits per heavy atom. The molecule has 82 valence electrons. The number of aromatic nitrogens is 2. The number of aromatic amines is 1. The van der Waals surface area contributed by atoms with Crippen LogP contribution in [0, 0.1) is 0 Å². The molecule has 1 saturated heterocycles. The molecule has 1 aromatic heterocycles. The lowest BCUT2D eigenvalue weighted by Gasteiger charge is -2.16. The first-order valence-electron chi connectivity index (χ1n) is 5.36. The Balaban J connectivity index is 2.38. The topological polar surface area (TPSA) is 75.0 Å². The molecule has 0 bridgehead atoms. The van der Waals surface area contributed by atoms with Crippen LogP contribution in [0.5, 0.6) is 0 Å². The lowest BCUT2D eigenvalue weighted by Crippen LogP contribution is -2.26. The van der Waals surface area contributed by atoms with Crippen LogP contribution in [0.1, 0.15) is 25.3 Å². The Hall–Kier alpha value is -1.52. The number of nitrogens with zero attached hydrogens (tertiary/aromatic N) is 2. The summed E-state index contributed by atoms with van der Waals surface area (Å²) in [7, 11) is 0. The number of H-pyrrole nitrogens is 1. The summed E-state index contributed by atoms with van der Waals surface area (Å²) in [6.07, 6.45) is 2.92. The van der Waals surface area contributed by atoms with Crippen LogP contribution >= 0.6 is 0 Å². The molecular formula is C10H16N4O. The van der Waals surface area contributed by atoms with Gasteiger partial charge in [0.2, 0.25) is 5.95 Å². The molecule has 0 atom stereocenters. The molecule has 5 nitrogen and oxygen atoms in total. The van der Waals surface area contributed by atoms with Crippen molar-refractivity contribution in [1.82, 2.24) is 9.97 Å². The van der Waals surface area contributed by atoms with Crippen molar-refractivity contribution in [1.29, 1.82) is 0 Å². The van der Waals surface area contributed by atoms with Gasteiger partial charge in [-0.25, -0.2) is 0 Å². The normalized spacial score (nSPS) is 15.9. The lowest BCUT2D eigenvalue weighted by atomic mass is 10.2. The minimum atomic E-state index is -0.105. The number of rotatable bonds is 2. The Morgan fingerprint density at radius 3 is 2.67 bits per heavy atom. The molecule has 15 heavy (non-hydrogen) atoms. The highest BCUT2D eigenvalue weighted by Gasteiger charge is 2.16. The fourth-order valence-electron chi connectivity index (χ4n) is 1.92. The SMILES string of the molecule is CCc1c(N)nc(N2CCCC2)[nH]c1=O. The molecule has 5 heteroatoms. The van der Waals surface area contributed by atoms with Gasteiger partial charge >= 0.3 is 0 Å². The van der Waals surface area contributed by atoms with Gasteiger partial charge in [-0.2, -0.15) is 4.98 Å². The van der Waals surface area contributed by atoms with Crippen LogP contribution in [-0.4, -0.2) is 23.1 Å². The molecule has 3 N–H and O–H groups in total. The maximum atomic E-state index is 11.6. The second kappa shape index (κ2) is 3.92. The third-order valence-electron chi connectivity index (χ3n) is 2.79. The third kappa shape index (κ3) is 1.82. The lowest BCUT2D eigenvalue weighted by molar-refractivity contribution is 0.879. The summed E-state index contributed by atoms with van der Waals surface area (Å²) in [5, 5.41) is 0. The van der Waals surface area contributed by atoms with Crippen molar-refractivity contribution in [3.63, 3.8) is 0 Å². The highest BCUT2D eigenvalue weighted by atomic mass is 16.1. The quantitative estimate of drug-likeness (QED) is 0.742. The van der Waals surface area contributed by atoms with E-state index in [2.05, 4.69) is 14.9 Å². The van der Waals surface area contributed by atoms with Gasteiger partial charge in [0.05, 0.1) is 5.56 Å². The van der Waals surface area contributed by atoms with E-state index in [1.165, 1.54) is 0 Å². The van der Waals surface area contributed by atoms with E-state index in [4.69, 9.17) is 5.73 Å². The van der Waals surface area contributed by atoms with Crippen LogP contribution in [0.25, 0.3) is 0 Å². The second-order valence-corrected chi connectivity index (χ2v) is 3.80. The number of anilines is 2. The third-order valence-corrected chi connectivity index (χ3v) is 2.79. The largest absolute Gasteiger partial charge is 0.383 e. The van der Waals surface area contributed by atoms with Gasteiger partial charge in [-0.15, -0.1) is 0 Å². The van der Waals surface area contributed by atoms with Crippen molar-refractivity contribution in [3.8, 4) is 0 Å². The van der Waals surface area contributed by atoms with Gasteiger partial charge in [0, 0.05) is 13.1 Å². The van der Waals surface area contributed by atoms with Gasteiger partial charge in [0.1, 0.15) is 5.82 Å². The van der Waals surface area contributed by atoms with E-state index in [9.17, 15) is 4.79 Å². The predicted octanol–water partition coefficient (Wildman–Crippen LogP) is 0.515. The van der Waals surface area contributed by atoms with Crippen LogP contribution in [0.4, 0.5) is 11.8 Å². The zero-order chi connectivity index (χ0) is 10.8. The fourth-order valence-corrected chi connectivity index (χ4v) is 1.92. The van der Waals surface area contributed by atoms with Crippen molar-refractivity contribution >= 4 is 11.8 Å². The Morgan fingerprint density at radius 1 is 1.47 bits per heavy atom. The van der Waals surface area contributed by atoms with Crippen molar-refractivity contribution in [2.75, 3.05) is 23.7 Å². The summed E-state index contributed by atoms with van der Waals surface area (Å²) in [6.45, 7) is 3.81. The van der Waals surface area contributed by atoms with E-state index in [0.29, 0.717) is 23.8 Å². The molecule has 1 aliphatic heterocycles. The Labute approximate surface area is 88.3 Å². The van der Waals surface area contributed by atoms with Crippen LogP contribution < -0.4 is 16.2 Å². The molecule has 0 unspecified atom stereocenters. The summed E-state index contributed by atoms with van der Waals surface area (Å²) < 4.78 is 0. The van der Waals surface area contributed by atoms with E-state index >= 15 is 0 Å². The molecule has 0 aliphatic carbocycles. The number of nitrogens with two attached hydrogens (primary N) is 1. The van der Waals surface area contributed by atoms with Gasteiger partial charge in [-0.1, -0.05) is 6.92 Å². The van der Waals surface area contributed by atoms with Crippen molar-refractivity contribution in [2.45, 2.75) is 26.2 Å². The van der Waals surface area contributed by atoms with Gasteiger partial charge in [0.15, 0.2) is 0 Å². The molecular weight excluding hydrogens is 192 g/mol. The number of nitrogen functional groups attached to an aromatic ring is 1. The molecule has 0 amide bonds. The van der Waals surface area contributed by atoms with E-state index in [1.54, 1.807) is 0 Å². The van der Waals surface area contributed by atoms with E-state index in [-0.39, 0.29) is 5.56 Å². The molecule has 0 aromatic carbocycles. The van der Waals surface area contributed by atoms with Gasteiger partial charge in [-0.3, -0.25) is 9.78 Å². The zero-order valence-corrected chi connectivity index (χ0v) is 8.92. The molecule has 0 radical (unpaired) electrons. The average molecular weight is 208 g/mol. The van der Waals surface area contributed by atoms with E-state index < -0.39 is 0 Å². The van der Waals surface area contributed by atoms with Crippen molar-refractivity contribution in [2.24, 2.45) is 0 Å². The zero-order valence-electron chi connectivity index (χ0n) is 8.92. The molecule has 1 aliphatic rings. The summed E-state index contributed by atoms with van der Waals surface area (Å²) in [5.41, 5.74) is 6.22. The maximum absolute atomic E-state index is 11.6. The number of hydrogen-bond donors (Lipinski definition) is 2. The van der Waals surface area contributed by atoms with Crippen LogP contribution in [0.2, 0.25) is 0 Å². The van der Waals surface area contributed by atoms with Crippen LogP contribution in [-0.2, 0) is 6.42 Å².